The Labute approximate surface area is 144 Å². The van der Waals surface area contributed by atoms with Crippen molar-refractivity contribution in [3.63, 3.8) is 0 Å². The molecule has 2 amide bonds. The van der Waals surface area contributed by atoms with Crippen LogP contribution >= 0.6 is 0 Å². The summed E-state index contributed by atoms with van der Waals surface area (Å²) in [6.07, 6.45) is 2.93. The Balaban J connectivity index is 1.93. The molecule has 0 spiro atoms. The van der Waals surface area contributed by atoms with Crippen molar-refractivity contribution in [3.8, 4) is 0 Å². The van der Waals surface area contributed by atoms with E-state index in [2.05, 4.69) is 22.1 Å². The lowest BCUT2D eigenvalue weighted by molar-refractivity contribution is 0.0691. The Morgan fingerprint density at radius 2 is 1.92 bits per heavy atom. The number of amides is 2. The molecule has 1 aromatic rings. The Kier molecular flexibility index (Phi) is 6.73. The Bertz CT molecular complexity index is 566. The minimum absolute atomic E-state index is 0.0795. The van der Waals surface area contributed by atoms with Crippen molar-refractivity contribution in [1.29, 1.82) is 0 Å². The van der Waals surface area contributed by atoms with Crippen molar-refractivity contribution in [2.24, 2.45) is 5.92 Å². The molecule has 1 aliphatic rings. The number of carbonyl (C=O) groups is 2. The number of hydrogen-bond donors (Lipinski definition) is 1. The van der Waals surface area contributed by atoms with Gasteiger partial charge in [0.15, 0.2) is 0 Å². The predicted octanol–water partition coefficient (Wildman–Crippen LogP) is 1.64. The van der Waals surface area contributed by atoms with Gasteiger partial charge < -0.3 is 15.1 Å². The van der Waals surface area contributed by atoms with Gasteiger partial charge in [-0.25, -0.2) is 4.98 Å². The predicted molar refractivity (Wildman–Crippen MR) is 94.0 cm³/mol. The first kappa shape index (κ1) is 18.4. The number of hydrogen-bond acceptors (Lipinski definition) is 4. The fourth-order valence-electron chi connectivity index (χ4n) is 2.74. The number of pyridine rings is 1. The van der Waals surface area contributed by atoms with Crippen LogP contribution in [0.25, 0.3) is 0 Å². The van der Waals surface area contributed by atoms with Gasteiger partial charge in [0.05, 0.1) is 0 Å². The van der Waals surface area contributed by atoms with Crippen LogP contribution in [0.15, 0.2) is 18.2 Å². The van der Waals surface area contributed by atoms with Gasteiger partial charge in [-0.05, 0) is 58.0 Å². The molecule has 0 saturated carbocycles. The summed E-state index contributed by atoms with van der Waals surface area (Å²) >= 11 is 0. The topological polar surface area (TPSA) is 65.5 Å². The van der Waals surface area contributed by atoms with E-state index in [4.69, 9.17) is 0 Å². The minimum Gasteiger partial charge on any atom is -0.351 e. The monoisotopic (exact) mass is 332 g/mol. The van der Waals surface area contributed by atoms with E-state index in [-0.39, 0.29) is 11.8 Å². The molecule has 1 aliphatic heterocycles. The van der Waals surface area contributed by atoms with Gasteiger partial charge in [0.25, 0.3) is 11.8 Å². The molecular weight excluding hydrogens is 304 g/mol. The summed E-state index contributed by atoms with van der Waals surface area (Å²) in [6.45, 7) is 5.26. The summed E-state index contributed by atoms with van der Waals surface area (Å²) in [6, 6.07) is 5.06. The van der Waals surface area contributed by atoms with E-state index >= 15 is 0 Å². The van der Waals surface area contributed by atoms with Gasteiger partial charge in [0.1, 0.15) is 11.4 Å². The summed E-state index contributed by atoms with van der Waals surface area (Å²) in [5.74, 6) is 0.362. The van der Waals surface area contributed by atoms with Crippen molar-refractivity contribution in [1.82, 2.24) is 20.1 Å². The second-order valence-electron chi connectivity index (χ2n) is 6.80. The molecule has 2 rings (SSSR count). The van der Waals surface area contributed by atoms with E-state index in [1.807, 2.05) is 19.0 Å². The number of rotatable bonds is 6. The smallest absolute Gasteiger partial charge is 0.272 e. The molecule has 0 aliphatic carbocycles. The lowest BCUT2D eigenvalue weighted by Gasteiger charge is -2.30. The van der Waals surface area contributed by atoms with Gasteiger partial charge in [-0.1, -0.05) is 13.0 Å². The third-order valence-corrected chi connectivity index (χ3v) is 4.34. The average Bonchev–Trinajstić information content (AvgIpc) is 2.58. The number of nitrogens with zero attached hydrogens (tertiary/aromatic N) is 3. The SMILES string of the molecule is CC1CCN(C(=O)c2cccc(C(=O)NCCCN(C)C)n2)CC1. The third-order valence-electron chi connectivity index (χ3n) is 4.34. The maximum Gasteiger partial charge on any atom is 0.272 e. The molecule has 132 valence electrons. The van der Waals surface area contributed by atoms with Gasteiger partial charge >= 0.3 is 0 Å². The summed E-state index contributed by atoms with van der Waals surface area (Å²) in [4.78, 5) is 32.9. The fourth-order valence-corrected chi connectivity index (χ4v) is 2.74. The summed E-state index contributed by atoms with van der Waals surface area (Å²) < 4.78 is 0. The summed E-state index contributed by atoms with van der Waals surface area (Å²) in [5.41, 5.74) is 0.654. The van der Waals surface area contributed by atoms with E-state index in [0.29, 0.717) is 23.9 Å². The standard InChI is InChI=1S/C18H28N4O2/c1-14-8-12-22(13-9-14)18(24)16-7-4-6-15(20-16)17(23)19-10-5-11-21(2)3/h4,6-7,14H,5,8-13H2,1-3H3,(H,19,23). The molecule has 1 saturated heterocycles. The van der Waals surface area contributed by atoms with Crippen LogP contribution in [-0.2, 0) is 0 Å². The highest BCUT2D eigenvalue weighted by Gasteiger charge is 2.22. The highest BCUT2D eigenvalue weighted by molar-refractivity contribution is 5.96. The van der Waals surface area contributed by atoms with Crippen LogP contribution in [0.3, 0.4) is 0 Å². The number of piperidine rings is 1. The number of carbonyl (C=O) groups excluding carboxylic acids is 2. The molecule has 0 aromatic carbocycles. The van der Waals surface area contributed by atoms with E-state index in [0.717, 1.165) is 38.9 Å². The molecule has 0 bridgehead atoms. The first-order chi connectivity index (χ1) is 11.5. The van der Waals surface area contributed by atoms with Gasteiger partial charge in [-0.2, -0.15) is 0 Å². The van der Waals surface area contributed by atoms with Crippen LogP contribution < -0.4 is 5.32 Å². The fraction of sp³-hybridized carbons (Fsp3) is 0.611. The minimum atomic E-state index is -0.226. The molecule has 2 heterocycles. The largest absolute Gasteiger partial charge is 0.351 e. The van der Waals surface area contributed by atoms with Crippen LogP contribution in [0, 0.1) is 5.92 Å². The molecule has 1 aromatic heterocycles. The van der Waals surface area contributed by atoms with Crippen LogP contribution in [-0.4, -0.2) is 66.9 Å². The van der Waals surface area contributed by atoms with Crippen molar-refractivity contribution in [3.05, 3.63) is 29.6 Å². The van der Waals surface area contributed by atoms with Crippen molar-refractivity contribution < 1.29 is 9.59 Å². The zero-order chi connectivity index (χ0) is 17.5. The molecule has 24 heavy (non-hydrogen) atoms. The lowest BCUT2D eigenvalue weighted by atomic mass is 9.99. The second-order valence-corrected chi connectivity index (χ2v) is 6.80. The zero-order valence-electron chi connectivity index (χ0n) is 14.9. The summed E-state index contributed by atoms with van der Waals surface area (Å²) in [7, 11) is 4.00. The van der Waals surface area contributed by atoms with Crippen LogP contribution in [0.1, 0.15) is 47.2 Å². The van der Waals surface area contributed by atoms with Crippen LogP contribution in [0.2, 0.25) is 0 Å². The van der Waals surface area contributed by atoms with E-state index in [1.54, 1.807) is 18.2 Å². The highest BCUT2D eigenvalue weighted by Crippen LogP contribution is 2.17. The Morgan fingerprint density at radius 1 is 1.25 bits per heavy atom. The van der Waals surface area contributed by atoms with Crippen molar-refractivity contribution in [2.75, 3.05) is 40.3 Å². The summed E-state index contributed by atoms with van der Waals surface area (Å²) in [5, 5.41) is 2.85. The van der Waals surface area contributed by atoms with E-state index in [9.17, 15) is 9.59 Å². The maximum atomic E-state index is 12.5. The maximum absolute atomic E-state index is 12.5. The quantitative estimate of drug-likeness (QED) is 0.804. The third kappa shape index (κ3) is 5.30. The Morgan fingerprint density at radius 3 is 2.58 bits per heavy atom. The number of likely N-dealkylation sites (tertiary alicyclic amines) is 1. The molecule has 1 fully saturated rings. The molecule has 0 atom stereocenters. The molecule has 0 radical (unpaired) electrons. The lowest BCUT2D eigenvalue weighted by Crippen LogP contribution is -2.38. The van der Waals surface area contributed by atoms with Gasteiger partial charge in [0.2, 0.25) is 0 Å². The molecule has 6 nitrogen and oxygen atoms in total. The van der Waals surface area contributed by atoms with Gasteiger partial charge in [0, 0.05) is 19.6 Å². The molecular formula is C18H28N4O2. The second kappa shape index (κ2) is 8.78. The molecule has 1 N–H and O–H groups in total. The van der Waals surface area contributed by atoms with Gasteiger partial charge in [-0.3, -0.25) is 9.59 Å². The Hall–Kier alpha value is -1.95. The highest BCUT2D eigenvalue weighted by atomic mass is 16.2. The first-order valence-electron chi connectivity index (χ1n) is 8.66. The van der Waals surface area contributed by atoms with Crippen LogP contribution in [0.4, 0.5) is 0 Å². The molecule has 6 heteroatoms. The zero-order valence-corrected chi connectivity index (χ0v) is 14.9. The first-order valence-corrected chi connectivity index (χ1v) is 8.66. The molecule has 0 unspecified atom stereocenters. The number of aromatic nitrogens is 1. The van der Waals surface area contributed by atoms with Crippen molar-refractivity contribution in [2.45, 2.75) is 26.2 Å². The van der Waals surface area contributed by atoms with Crippen molar-refractivity contribution >= 4 is 11.8 Å². The van der Waals surface area contributed by atoms with Crippen LogP contribution in [0.5, 0.6) is 0 Å². The van der Waals surface area contributed by atoms with E-state index in [1.165, 1.54) is 0 Å². The van der Waals surface area contributed by atoms with Gasteiger partial charge in [-0.15, -0.1) is 0 Å². The van der Waals surface area contributed by atoms with E-state index < -0.39 is 0 Å². The normalized spacial score (nSPS) is 15.6. The number of nitrogens with one attached hydrogen (secondary N) is 1. The average molecular weight is 332 g/mol.